The molecule has 0 saturated carbocycles. The molecule has 0 aliphatic heterocycles. The first-order chi connectivity index (χ1) is 10.1. The summed E-state index contributed by atoms with van der Waals surface area (Å²) in [5.74, 6) is 0.190. The van der Waals surface area contributed by atoms with Crippen molar-refractivity contribution in [1.29, 1.82) is 0 Å². The highest BCUT2D eigenvalue weighted by Gasteiger charge is 2.17. The number of fused-ring (bicyclic) bond motifs is 1. The third-order valence-corrected chi connectivity index (χ3v) is 4.65. The molecule has 21 heavy (non-hydrogen) atoms. The fourth-order valence-corrected chi connectivity index (χ4v) is 3.47. The molecule has 3 aromatic rings. The molecule has 1 aromatic heterocycles. The Morgan fingerprint density at radius 2 is 1.76 bits per heavy atom. The van der Waals surface area contributed by atoms with Gasteiger partial charge in [0.15, 0.2) is 0 Å². The van der Waals surface area contributed by atoms with E-state index in [1.54, 1.807) is 30.3 Å². The molecule has 0 aliphatic rings. The predicted octanol–water partition coefficient (Wildman–Crippen LogP) is 3.69. The van der Waals surface area contributed by atoms with Crippen molar-refractivity contribution in [2.45, 2.75) is 4.90 Å². The van der Waals surface area contributed by atoms with E-state index in [4.69, 9.17) is 11.6 Å². The van der Waals surface area contributed by atoms with Crippen molar-refractivity contribution in [2.24, 2.45) is 0 Å². The normalized spacial score (nSPS) is 11.5. The Balaban J connectivity index is 2.09. The van der Waals surface area contributed by atoms with Crippen molar-refractivity contribution in [2.75, 3.05) is 4.72 Å². The molecule has 0 radical (unpaired) electrons. The lowest BCUT2D eigenvalue weighted by Gasteiger charge is -2.10. The molecule has 1 heterocycles. The zero-order chi connectivity index (χ0) is 14.9. The highest BCUT2D eigenvalue weighted by Crippen LogP contribution is 2.24. The van der Waals surface area contributed by atoms with E-state index in [9.17, 15) is 8.42 Å². The number of aromatic nitrogens is 1. The number of nitrogens with one attached hydrogen (secondary N) is 1. The number of halogens is 1. The maximum atomic E-state index is 12.5. The maximum absolute atomic E-state index is 12.5. The molecule has 4 nitrogen and oxygen atoms in total. The molecule has 106 valence electrons. The fourth-order valence-electron chi connectivity index (χ4n) is 2.08. The van der Waals surface area contributed by atoms with Gasteiger partial charge in [-0.3, -0.25) is 4.72 Å². The average molecular weight is 319 g/mol. The van der Waals surface area contributed by atoms with Crippen LogP contribution in [0.2, 0.25) is 5.02 Å². The van der Waals surface area contributed by atoms with Gasteiger partial charge >= 0.3 is 0 Å². The topological polar surface area (TPSA) is 59.1 Å². The van der Waals surface area contributed by atoms with Gasteiger partial charge in [-0.25, -0.2) is 13.4 Å². The van der Waals surface area contributed by atoms with E-state index in [-0.39, 0.29) is 10.7 Å². The second-order valence-electron chi connectivity index (χ2n) is 4.44. The maximum Gasteiger partial charge on any atom is 0.263 e. The Morgan fingerprint density at radius 1 is 1.00 bits per heavy atom. The molecule has 0 aliphatic carbocycles. The molecular weight excluding hydrogens is 308 g/mol. The van der Waals surface area contributed by atoms with E-state index in [0.29, 0.717) is 10.4 Å². The monoisotopic (exact) mass is 318 g/mol. The Bertz CT molecular complexity index is 905. The lowest BCUT2D eigenvalue weighted by Crippen LogP contribution is -2.14. The summed E-state index contributed by atoms with van der Waals surface area (Å²) in [6.45, 7) is 0. The SMILES string of the molecule is O=S(=O)(Nc1cc(Cl)ccn1)c1cccc2ccccc12. The number of anilines is 1. The van der Waals surface area contributed by atoms with Gasteiger partial charge in [0.2, 0.25) is 0 Å². The average Bonchev–Trinajstić information content (AvgIpc) is 2.46. The van der Waals surface area contributed by atoms with Crippen LogP contribution in [0.5, 0.6) is 0 Å². The molecule has 0 amide bonds. The van der Waals surface area contributed by atoms with Crippen LogP contribution in [0.3, 0.4) is 0 Å². The van der Waals surface area contributed by atoms with Gasteiger partial charge in [-0.15, -0.1) is 0 Å². The summed E-state index contributed by atoms with van der Waals surface area (Å²) < 4.78 is 27.5. The summed E-state index contributed by atoms with van der Waals surface area (Å²) in [6.07, 6.45) is 1.45. The van der Waals surface area contributed by atoms with Gasteiger partial charge in [0.25, 0.3) is 10.0 Å². The number of sulfonamides is 1. The Labute approximate surface area is 127 Å². The minimum atomic E-state index is -3.73. The van der Waals surface area contributed by atoms with Gasteiger partial charge in [-0.2, -0.15) is 0 Å². The summed E-state index contributed by atoms with van der Waals surface area (Å²) in [7, 11) is -3.73. The number of nitrogens with zero attached hydrogens (tertiary/aromatic N) is 1. The zero-order valence-electron chi connectivity index (χ0n) is 10.8. The smallest absolute Gasteiger partial charge is 0.263 e. The molecule has 6 heteroatoms. The first-order valence-electron chi connectivity index (χ1n) is 6.18. The predicted molar refractivity (Wildman–Crippen MR) is 84.0 cm³/mol. The van der Waals surface area contributed by atoms with Crippen LogP contribution >= 0.6 is 11.6 Å². The van der Waals surface area contributed by atoms with Gasteiger partial charge in [-0.05, 0) is 17.5 Å². The number of hydrogen-bond acceptors (Lipinski definition) is 3. The van der Waals surface area contributed by atoms with Crippen molar-refractivity contribution in [3.05, 3.63) is 65.8 Å². The van der Waals surface area contributed by atoms with Crippen molar-refractivity contribution < 1.29 is 8.42 Å². The van der Waals surface area contributed by atoms with E-state index < -0.39 is 10.0 Å². The van der Waals surface area contributed by atoms with Crippen molar-refractivity contribution in [3.8, 4) is 0 Å². The molecule has 0 spiro atoms. The summed E-state index contributed by atoms with van der Waals surface area (Å²) >= 11 is 5.84. The summed E-state index contributed by atoms with van der Waals surface area (Å²) in [5, 5.41) is 1.94. The second-order valence-corrected chi connectivity index (χ2v) is 6.53. The third kappa shape index (κ3) is 2.84. The van der Waals surface area contributed by atoms with Crippen molar-refractivity contribution in [1.82, 2.24) is 4.98 Å². The molecule has 0 atom stereocenters. The van der Waals surface area contributed by atoms with Gasteiger partial charge in [0.1, 0.15) is 5.82 Å². The van der Waals surface area contributed by atoms with Crippen LogP contribution in [0.4, 0.5) is 5.82 Å². The molecule has 0 bridgehead atoms. The standard InChI is InChI=1S/C15H11ClN2O2S/c16-12-8-9-17-15(10-12)18-21(19,20)14-7-3-5-11-4-1-2-6-13(11)14/h1-10H,(H,17,18). The molecular formula is C15H11ClN2O2S. The van der Waals surface area contributed by atoms with Gasteiger partial charge < -0.3 is 0 Å². The minimum absolute atomic E-state index is 0.190. The van der Waals surface area contributed by atoms with Crippen LogP contribution in [0.1, 0.15) is 0 Å². The number of benzene rings is 2. The van der Waals surface area contributed by atoms with Gasteiger partial charge in [-0.1, -0.05) is 48.0 Å². The first kappa shape index (κ1) is 13.9. The molecule has 2 aromatic carbocycles. The fraction of sp³-hybridized carbons (Fsp3) is 0. The number of hydrogen-bond donors (Lipinski definition) is 1. The van der Waals surface area contributed by atoms with E-state index in [1.165, 1.54) is 12.3 Å². The van der Waals surface area contributed by atoms with Crippen LogP contribution in [-0.4, -0.2) is 13.4 Å². The van der Waals surface area contributed by atoms with E-state index in [0.717, 1.165) is 5.39 Å². The van der Waals surface area contributed by atoms with E-state index in [1.807, 2.05) is 18.2 Å². The van der Waals surface area contributed by atoms with Crippen molar-refractivity contribution in [3.63, 3.8) is 0 Å². The highest BCUT2D eigenvalue weighted by molar-refractivity contribution is 7.93. The first-order valence-corrected chi connectivity index (χ1v) is 8.04. The minimum Gasteiger partial charge on any atom is -0.263 e. The lowest BCUT2D eigenvalue weighted by atomic mass is 10.1. The Kier molecular flexibility index (Phi) is 3.53. The summed E-state index contributed by atoms with van der Waals surface area (Å²) in [4.78, 5) is 4.17. The van der Waals surface area contributed by atoms with Crippen LogP contribution in [0, 0.1) is 0 Å². The Hall–Kier alpha value is -2.11. The number of rotatable bonds is 3. The number of pyridine rings is 1. The molecule has 3 rings (SSSR count). The Morgan fingerprint density at radius 3 is 2.57 bits per heavy atom. The van der Waals surface area contributed by atoms with Gasteiger partial charge in [0, 0.05) is 22.7 Å². The summed E-state index contributed by atoms with van der Waals surface area (Å²) in [6, 6.07) is 15.5. The van der Waals surface area contributed by atoms with E-state index in [2.05, 4.69) is 9.71 Å². The van der Waals surface area contributed by atoms with E-state index >= 15 is 0 Å². The third-order valence-electron chi connectivity index (χ3n) is 3.00. The quantitative estimate of drug-likeness (QED) is 0.801. The second kappa shape index (κ2) is 5.35. The van der Waals surface area contributed by atoms with Crippen LogP contribution in [0.15, 0.2) is 65.7 Å². The summed E-state index contributed by atoms with van der Waals surface area (Å²) in [5.41, 5.74) is 0. The molecule has 0 fully saturated rings. The molecule has 0 unspecified atom stereocenters. The zero-order valence-corrected chi connectivity index (χ0v) is 12.4. The van der Waals surface area contributed by atoms with Crippen LogP contribution < -0.4 is 4.72 Å². The lowest BCUT2D eigenvalue weighted by molar-refractivity contribution is 0.602. The molecule has 0 saturated heterocycles. The van der Waals surface area contributed by atoms with Crippen molar-refractivity contribution >= 4 is 38.2 Å². The largest absolute Gasteiger partial charge is 0.263 e. The molecule has 1 N–H and O–H groups in total. The van der Waals surface area contributed by atoms with Crippen LogP contribution in [-0.2, 0) is 10.0 Å². The highest BCUT2D eigenvalue weighted by atomic mass is 35.5. The van der Waals surface area contributed by atoms with Crippen LogP contribution in [0.25, 0.3) is 10.8 Å². The van der Waals surface area contributed by atoms with Gasteiger partial charge in [0.05, 0.1) is 4.90 Å².